The van der Waals surface area contributed by atoms with Crippen molar-refractivity contribution in [1.29, 1.82) is 0 Å². The highest BCUT2D eigenvalue weighted by Gasteiger charge is 2.09. The Morgan fingerprint density at radius 2 is 1.24 bits per heavy atom. The van der Waals surface area contributed by atoms with E-state index in [4.69, 9.17) is 0 Å². The maximum atomic E-state index is 2.42. The molecule has 0 saturated heterocycles. The molecule has 0 radical (unpaired) electrons. The van der Waals surface area contributed by atoms with Crippen LogP contribution < -0.4 is 0 Å². The van der Waals surface area contributed by atoms with Crippen LogP contribution in [0, 0.1) is 0 Å². The zero-order chi connectivity index (χ0) is 18.0. The van der Waals surface area contributed by atoms with E-state index >= 15 is 0 Å². The second-order valence-electron chi connectivity index (χ2n) is 7.99. The maximum Gasteiger partial charge on any atom is 0.0480 e. The van der Waals surface area contributed by atoms with Gasteiger partial charge in [0.2, 0.25) is 0 Å². The van der Waals surface area contributed by atoms with Crippen LogP contribution in [0.25, 0.3) is 0 Å². The third kappa shape index (κ3) is 8.69. The molecule has 132 valence electrons. The lowest BCUT2D eigenvalue weighted by molar-refractivity contribution is 0.835. The Bertz CT molecular complexity index is 615. The van der Waals surface area contributed by atoms with Crippen LogP contribution >= 0.6 is 0 Å². The summed E-state index contributed by atoms with van der Waals surface area (Å²) in [4.78, 5) is 0. The smallest absolute Gasteiger partial charge is 0.0480 e. The Hall–Kier alpha value is -1.86. The van der Waals surface area contributed by atoms with Gasteiger partial charge in [-0.1, -0.05) is 104 Å². The van der Waals surface area contributed by atoms with Crippen molar-refractivity contribution >= 4 is 8.07 Å². The van der Waals surface area contributed by atoms with Crippen LogP contribution in [0.1, 0.15) is 24.0 Å². The summed E-state index contributed by atoms with van der Waals surface area (Å²) >= 11 is 0. The molecule has 0 heterocycles. The molecule has 0 bridgehead atoms. The Balaban J connectivity index is 1.96. The topological polar surface area (TPSA) is 0 Å². The lowest BCUT2D eigenvalue weighted by Gasteiger charge is -2.11. The molecule has 0 aliphatic rings. The van der Waals surface area contributed by atoms with Gasteiger partial charge < -0.3 is 0 Å². The third-order valence-corrected chi connectivity index (χ3v) is 5.81. The summed E-state index contributed by atoms with van der Waals surface area (Å²) in [6.07, 6.45) is 11.6. The molecule has 0 fully saturated rings. The summed E-state index contributed by atoms with van der Waals surface area (Å²) in [5.74, 6) is 0. The van der Waals surface area contributed by atoms with Gasteiger partial charge in [-0.15, -0.1) is 0 Å². The molecule has 2 rings (SSSR count). The summed E-state index contributed by atoms with van der Waals surface area (Å²) in [7, 11) is -0.988. The summed E-state index contributed by atoms with van der Waals surface area (Å²) in [6.45, 7) is 7.27. The minimum atomic E-state index is -0.988. The molecule has 0 aliphatic heterocycles. The van der Waals surface area contributed by atoms with E-state index in [1.165, 1.54) is 17.2 Å². The average Bonchev–Trinajstić information content (AvgIpc) is 2.61. The number of aryl methyl sites for hydroxylation is 2. The van der Waals surface area contributed by atoms with Crippen LogP contribution in [-0.4, -0.2) is 8.07 Å². The predicted molar refractivity (Wildman–Crippen MR) is 115 cm³/mol. The molecule has 0 nitrogen and oxygen atoms in total. The minimum Gasteiger partial charge on any atom is -0.0872 e. The molecule has 0 aromatic heterocycles. The van der Waals surface area contributed by atoms with Crippen LogP contribution in [0.4, 0.5) is 0 Å². The molecule has 2 aromatic carbocycles. The number of rotatable bonds is 9. The first kappa shape index (κ1) is 19.5. The number of hydrogen-bond acceptors (Lipinski definition) is 0. The predicted octanol–water partition coefficient (Wildman–Crippen LogP) is 7.07. The van der Waals surface area contributed by atoms with Crippen LogP contribution in [0.2, 0.25) is 25.7 Å². The van der Waals surface area contributed by atoms with Crippen molar-refractivity contribution in [1.82, 2.24) is 0 Å². The largest absolute Gasteiger partial charge is 0.0872 e. The van der Waals surface area contributed by atoms with Gasteiger partial charge in [0, 0.05) is 8.07 Å². The second kappa shape index (κ2) is 10.2. The average molecular weight is 349 g/mol. The zero-order valence-corrected chi connectivity index (χ0v) is 17.0. The first-order valence-corrected chi connectivity index (χ1v) is 13.2. The van der Waals surface area contributed by atoms with Gasteiger partial charge in [0.15, 0.2) is 0 Å². The minimum absolute atomic E-state index is 0.988. The van der Waals surface area contributed by atoms with Crippen molar-refractivity contribution in [2.24, 2.45) is 0 Å². The second-order valence-corrected chi connectivity index (χ2v) is 13.5. The summed E-state index contributed by atoms with van der Waals surface area (Å²) in [5, 5.41) is 0. The fourth-order valence-corrected chi connectivity index (χ4v) is 3.66. The molecule has 0 aliphatic carbocycles. The molecule has 1 heteroatoms. The first-order chi connectivity index (χ1) is 12.0. The van der Waals surface area contributed by atoms with Crippen molar-refractivity contribution in [3.8, 4) is 0 Å². The van der Waals surface area contributed by atoms with Gasteiger partial charge in [0.25, 0.3) is 0 Å². The molecule has 0 saturated carbocycles. The van der Waals surface area contributed by atoms with E-state index in [1.54, 1.807) is 5.57 Å². The molecule has 0 unspecified atom stereocenters. The van der Waals surface area contributed by atoms with Gasteiger partial charge in [-0.25, -0.2) is 0 Å². The molecule has 0 amide bonds. The highest BCUT2D eigenvalue weighted by atomic mass is 28.3. The molecule has 25 heavy (non-hydrogen) atoms. The van der Waals surface area contributed by atoms with E-state index in [-0.39, 0.29) is 0 Å². The maximum absolute atomic E-state index is 2.42. The monoisotopic (exact) mass is 348 g/mol. The molecule has 2 aromatic rings. The first-order valence-electron chi connectivity index (χ1n) is 9.45. The fourth-order valence-electron chi connectivity index (χ4n) is 2.82. The van der Waals surface area contributed by atoms with E-state index in [1.807, 2.05) is 0 Å². The highest BCUT2D eigenvalue weighted by Crippen LogP contribution is 2.17. The van der Waals surface area contributed by atoms with Crippen molar-refractivity contribution in [3.05, 3.63) is 95.6 Å². The van der Waals surface area contributed by atoms with Crippen LogP contribution in [0.3, 0.4) is 0 Å². The van der Waals surface area contributed by atoms with Crippen LogP contribution in [-0.2, 0) is 12.8 Å². The normalized spacial score (nSPS) is 11.6. The van der Waals surface area contributed by atoms with Crippen molar-refractivity contribution < 1.29 is 0 Å². The van der Waals surface area contributed by atoms with Crippen molar-refractivity contribution in [2.45, 2.75) is 51.4 Å². The van der Waals surface area contributed by atoms with E-state index < -0.39 is 8.07 Å². The number of hydrogen-bond donors (Lipinski definition) is 0. The van der Waals surface area contributed by atoms with Gasteiger partial charge in [-0.3, -0.25) is 0 Å². The molecule has 0 atom stereocenters. The highest BCUT2D eigenvalue weighted by molar-refractivity contribution is 6.76. The SMILES string of the molecule is C[Si](C)(C)C/C=C\C=C(CCc1ccccc1)CCc1ccccc1. The Morgan fingerprint density at radius 3 is 1.68 bits per heavy atom. The van der Waals surface area contributed by atoms with Gasteiger partial charge in [-0.2, -0.15) is 0 Å². The van der Waals surface area contributed by atoms with E-state index in [0.717, 1.165) is 25.7 Å². The van der Waals surface area contributed by atoms with E-state index in [2.05, 4.69) is 98.5 Å². The van der Waals surface area contributed by atoms with Crippen LogP contribution in [0.5, 0.6) is 0 Å². The molecule has 0 spiro atoms. The van der Waals surface area contributed by atoms with Gasteiger partial charge in [0.1, 0.15) is 0 Å². The zero-order valence-electron chi connectivity index (χ0n) is 16.0. The van der Waals surface area contributed by atoms with Crippen LogP contribution in [0.15, 0.2) is 84.5 Å². The standard InChI is InChI=1S/C24H32Si/c1-25(2,3)21-11-10-16-24(19-17-22-12-6-4-7-13-22)20-18-23-14-8-5-9-15-23/h4-16H,17-21H2,1-3H3/b11-10-. The third-order valence-electron chi connectivity index (χ3n) is 4.35. The Morgan fingerprint density at radius 1 is 0.760 bits per heavy atom. The number of benzene rings is 2. The van der Waals surface area contributed by atoms with Gasteiger partial charge in [-0.05, 0) is 42.9 Å². The summed E-state index contributed by atoms with van der Waals surface area (Å²) in [6, 6.07) is 22.9. The van der Waals surface area contributed by atoms with Crippen molar-refractivity contribution in [2.75, 3.05) is 0 Å². The van der Waals surface area contributed by atoms with E-state index in [9.17, 15) is 0 Å². The lowest BCUT2D eigenvalue weighted by Crippen LogP contribution is -2.17. The van der Waals surface area contributed by atoms with Gasteiger partial charge >= 0.3 is 0 Å². The fraction of sp³-hybridized carbons (Fsp3) is 0.333. The summed E-state index contributed by atoms with van der Waals surface area (Å²) in [5.41, 5.74) is 4.41. The summed E-state index contributed by atoms with van der Waals surface area (Å²) < 4.78 is 0. The molecule has 0 N–H and O–H groups in total. The molecular weight excluding hydrogens is 316 g/mol. The quantitative estimate of drug-likeness (QED) is 0.336. The Kier molecular flexibility index (Phi) is 7.94. The van der Waals surface area contributed by atoms with Crippen molar-refractivity contribution in [3.63, 3.8) is 0 Å². The number of allylic oxidation sites excluding steroid dienone is 4. The molecular formula is C24H32Si. The van der Waals surface area contributed by atoms with Gasteiger partial charge in [0.05, 0.1) is 0 Å². The van der Waals surface area contributed by atoms with E-state index in [0.29, 0.717) is 0 Å². The Labute approximate surface area is 155 Å². The lowest BCUT2D eigenvalue weighted by atomic mass is 9.98.